The monoisotopic (exact) mass is 430 g/mol. The van der Waals surface area contributed by atoms with Gasteiger partial charge in [-0.25, -0.2) is 4.79 Å². The van der Waals surface area contributed by atoms with E-state index in [0.717, 1.165) is 24.2 Å². The molecular formula is C23H27ClN2O4. The van der Waals surface area contributed by atoms with Crippen LogP contribution in [-0.4, -0.2) is 54.4 Å². The van der Waals surface area contributed by atoms with Crippen LogP contribution in [-0.2, 0) is 9.53 Å². The lowest BCUT2D eigenvalue weighted by molar-refractivity contribution is -0.139. The van der Waals surface area contributed by atoms with Crippen LogP contribution in [0.3, 0.4) is 0 Å². The Kier molecular flexibility index (Phi) is 6.68. The molecule has 1 saturated heterocycles. The van der Waals surface area contributed by atoms with Crippen LogP contribution >= 0.6 is 12.4 Å². The van der Waals surface area contributed by atoms with Gasteiger partial charge in [0.05, 0.1) is 12.0 Å². The van der Waals surface area contributed by atoms with Gasteiger partial charge >= 0.3 is 12.1 Å². The fraction of sp³-hybridized carbons (Fsp3) is 0.391. The summed E-state index contributed by atoms with van der Waals surface area (Å²) in [7, 11) is 2.00. The van der Waals surface area contributed by atoms with Crippen LogP contribution in [0.2, 0.25) is 0 Å². The number of likely N-dealkylation sites (tertiary alicyclic amines) is 1. The third-order valence-electron chi connectivity index (χ3n) is 6.14. The van der Waals surface area contributed by atoms with Gasteiger partial charge in [0.2, 0.25) is 0 Å². The molecule has 0 spiro atoms. The Balaban J connectivity index is 0.00000256. The summed E-state index contributed by atoms with van der Waals surface area (Å²) in [5, 5.41) is 12.2. The van der Waals surface area contributed by atoms with Gasteiger partial charge in [0, 0.05) is 19.0 Å². The van der Waals surface area contributed by atoms with Crippen LogP contribution < -0.4 is 5.32 Å². The highest BCUT2D eigenvalue weighted by Gasteiger charge is 2.38. The Labute approximate surface area is 182 Å². The molecule has 30 heavy (non-hydrogen) atoms. The molecule has 0 radical (unpaired) electrons. The van der Waals surface area contributed by atoms with E-state index in [2.05, 4.69) is 34.5 Å². The lowest BCUT2D eigenvalue weighted by atomic mass is 9.84. The highest BCUT2D eigenvalue weighted by molar-refractivity contribution is 5.85. The molecule has 0 bridgehead atoms. The van der Waals surface area contributed by atoms with Gasteiger partial charge in [-0.1, -0.05) is 48.5 Å². The molecule has 2 N–H and O–H groups in total. The average Bonchev–Trinajstić information content (AvgIpc) is 3.02. The first kappa shape index (κ1) is 22.1. The van der Waals surface area contributed by atoms with Gasteiger partial charge in [-0.05, 0) is 42.1 Å². The van der Waals surface area contributed by atoms with Crippen molar-refractivity contribution < 1.29 is 19.4 Å². The summed E-state index contributed by atoms with van der Waals surface area (Å²) in [5.74, 6) is -0.922. The Hall–Kier alpha value is -2.57. The second-order valence-corrected chi connectivity index (χ2v) is 8.10. The number of carbonyl (C=O) groups is 2. The third-order valence-corrected chi connectivity index (χ3v) is 6.14. The zero-order valence-electron chi connectivity index (χ0n) is 17.0. The fourth-order valence-electron chi connectivity index (χ4n) is 4.53. The Morgan fingerprint density at radius 2 is 1.60 bits per heavy atom. The number of carboxylic acids is 1. The standard InChI is InChI=1S/C23H26N2O4.ClH/c1-25-12-10-23(11-13-25,14-21(26)27)24-22(28)29-15-20-18-8-4-2-6-16(18)17-7-3-5-9-19(17)20;/h2-9,20H,10-15H2,1H3,(H,24,28)(H,26,27);1H. The molecule has 7 heteroatoms. The van der Waals surface area contributed by atoms with E-state index in [9.17, 15) is 14.7 Å². The van der Waals surface area contributed by atoms with E-state index >= 15 is 0 Å². The maximum Gasteiger partial charge on any atom is 0.407 e. The number of aliphatic carboxylic acids is 1. The molecule has 2 aliphatic rings. The molecule has 1 aliphatic carbocycles. The van der Waals surface area contributed by atoms with Crippen LogP contribution in [0.1, 0.15) is 36.3 Å². The predicted octanol–water partition coefficient (Wildman–Crippen LogP) is 3.89. The molecule has 0 unspecified atom stereocenters. The zero-order chi connectivity index (χ0) is 20.4. The molecule has 1 heterocycles. The smallest absolute Gasteiger partial charge is 0.407 e. The summed E-state index contributed by atoms with van der Waals surface area (Å²) >= 11 is 0. The highest BCUT2D eigenvalue weighted by Crippen LogP contribution is 2.44. The maximum absolute atomic E-state index is 12.6. The van der Waals surface area contributed by atoms with Crippen LogP contribution in [0.15, 0.2) is 48.5 Å². The number of fused-ring (bicyclic) bond motifs is 3. The lowest BCUT2D eigenvalue weighted by Gasteiger charge is -2.40. The summed E-state index contributed by atoms with van der Waals surface area (Å²) in [6, 6.07) is 16.4. The van der Waals surface area contributed by atoms with E-state index in [1.165, 1.54) is 11.1 Å². The SMILES string of the molecule is CN1CCC(CC(=O)O)(NC(=O)OCC2c3ccccc3-c3ccccc32)CC1.Cl. The van der Waals surface area contributed by atoms with Gasteiger partial charge in [0.25, 0.3) is 0 Å². The molecule has 2 aromatic carbocycles. The summed E-state index contributed by atoms with van der Waals surface area (Å²) in [5.41, 5.74) is 3.91. The van der Waals surface area contributed by atoms with Gasteiger partial charge in [0.15, 0.2) is 0 Å². The van der Waals surface area contributed by atoms with Crippen LogP contribution in [0.5, 0.6) is 0 Å². The van der Waals surface area contributed by atoms with Crippen molar-refractivity contribution in [3.8, 4) is 11.1 Å². The molecule has 6 nitrogen and oxygen atoms in total. The van der Waals surface area contributed by atoms with Crippen LogP contribution in [0, 0.1) is 0 Å². The van der Waals surface area contributed by atoms with Crippen molar-refractivity contribution in [2.24, 2.45) is 0 Å². The van der Waals surface area contributed by atoms with Crippen LogP contribution in [0.25, 0.3) is 11.1 Å². The van der Waals surface area contributed by atoms with E-state index in [4.69, 9.17) is 4.74 Å². The molecule has 160 valence electrons. The maximum atomic E-state index is 12.6. The number of alkyl carbamates (subject to hydrolysis) is 1. The molecule has 4 rings (SSSR count). The fourth-order valence-corrected chi connectivity index (χ4v) is 4.53. The topological polar surface area (TPSA) is 78.9 Å². The van der Waals surface area contributed by atoms with Crippen molar-refractivity contribution in [2.45, 2.75) is 30.7 Å². The summed E-state index contributed by atoms with van der Waals surface area (Å²) in [4.78, 5) is 26.1. The Morgan fingerprint density at radius 3 is 2.13 bits per heavy atom. The molecular weight excluding hydrogens is 404 g/mol. The number of piperidine rings is 1. The first-order valence-corrected chi connectivity index (χ1v) is 10.0. The van der Waals surface area contributed by atoms with Gasteiger partial charge in [-0.15, -0.1) is 12.4 Å². The number of ether oxygens (including phenoxy) is 1. The summed E-state index contributed by atoms with van der Waals surface area (Å²) in [6.45, 7) is 1.72. The Bertz CT molecular complexity index is 879. The first-order chi connectivity index (χ1) is 14.0. The average molecular weight is 431 g/mol. The number of benzene rings is 2. The minimum Gasteiger partial charge on any atom is -0.481 e. The second-order valence-electron chi connectivity index (χ2n) is 8.10. The summed E-state index contributed by atoms with van der Waals surface area (Å²) in [6.07, 6.45) is 0.558. The predicted molar refractivity (Wildman–Crippen MR) is 117 cm³/mol. The minimum atomic E-state index is -0.909. The second kappa shape index (κ2) is 9.06. The molecule has 0 aromatic heterocycles. The largest absolute Gasteiger partial charge is 0.481 e. The van der Waals surface area contributed by atoms with Crippen molar-refractivity contribution in [3.63, 3.8) is 0 Å². The molecule has 2 aromatic rings. The lowest BCUT2D eigenvalue weighted by Crippen LogP contribution is -2.56. The third kappa shape index (κ3) is 4.45. The number of carboxylic acid groups (broad SMARTS) is 1. The van der Waals surface area contributed by atoms with Crippen molar-refractivity contribution in [1.82, 2.24) is 10.2 Å². The van der Waals surface area contributed by atoms with E-state index in [-0.39, 0.29) is 31.4 Å². The van der Waals surface area contributed by atoms with Gasteiger partial charge < -0.3 is 20.1 Å². The zero-order valence-corrected chi connectivity index (χ0v) is 17.8. The Morgan fingerprint density at radius 1 is 1.07 bits per heavy atom. The molecule has 0 saturated carbocycles. The molecule has 1 aliphatic heterocycles. The number of halogens is 1. The molecule has 0 atom stereocenters. The number of amides is 1. The first-order valence-electron chi connectivity index (χ1n) is 10.0. The highest BCUT2D eigenvalue weighted by atomic mass is 35.5. The van der Waals surface area contributed by atoms with Crippen molar-refractivity contribution >= 4 is 24.5 Å². The normalized spacial score (nSPS) is 17.4. The molecule has 1 fully saturated rings. The number of hydrogen-bond acceptors (Lipinski definition) is 4. The summed E-state index contributed by atoms with van der Waals surface area (Å²) < 4.78 is 5.62. The quantitative estimate of drug-likeness (QED) is 0.752. The van der Waals surface area contributed by atoms with Gasteiger partial charge in [0.1, 0.15) is 6.61 Å². The van der Waals surface area contributed by atoms with E-state index in [1.807, 2.05) is 31.3 Å². The number of nitrogens with one attached hydrogen (secondary N) is 1. The number of rotatable bonds is 5. The minimum absolute atomic E-state index is 0. The van der Waals surface area contributed by atoms with E-state index in [1.54, 1.807) is 0 Å². The van der Waals surface area contributed by atoms with Crippen molar-refractivity contribution in [1.29, 1.82) is 0 Å². The van der Waals surface area contributed by atoms with E-state index in [0.29, 0.717) is 12.8 Å². The van der Waals surface area contributed by atoms with Crippen molar-refractivity contribution in [2.75, 3.05) is 26.7 Å². The van der Waals surface area contributed by atoms with Crippen molar-refractivity contribution in [3.05, 3.63) is 59.7 Å². The van der Waals surface area contributed by atoms with Gasteiger partial charge in [-0.3, -0.25) is 4.79 Å². The number of nitrogens with zero attached hydrogens (tertiary/aromatic N) is 1. The molecule has 1 amide bonds. The van der Waals surface area contributed by atoms with Crippen LogP contribution in [0.4, 0.5) is 4.79 Å². The van der Waals surface area contributed by atoms with Gasteiger partial charge in [-0.2, -0.15) is 0 Å². The van der Waals surface area contributed by atoms with E-state index < -0.39 is 17.6 Å². The number of hydrogen-bond donors (Lipinski definition) is 2. The number of carbonyl (C=O) groups excluding carboxylic acids is 1.